The van der Waals surface area contributed by atoms with E-state index in [4.69, 9.17) is 0 Å². The number of hydrogen-bond donors (Lipinski definition) is 1. The van der Waals surface area contributed by atoms with Crippen LogP contribution in [0.15, 0.2) is 16.9 Å². The number of nitrogens with zero attached hydrogens (tertiary/aromatic N) is 3. The molecule has 0 bridgehead atoms. The maximum Gasteiger partial charge on any atom is 0.311 e. The Morgan fingerprint density at radius 1 is 1.67 bits per heavy atom. The maximum absolute atomic E-state index is 11.1. The first-order chi connectivity index (χ1) is 8.65. The van der Waals surface area contributed by atoms with Crippen LogP contribution < -0.4 is 10.2 Å². The number of rotatable bonds is 4. The first-order valence-corrected chi connectivity index (χ1v) is 6.69. The molecule has 0 amide bonds. The predicted octanol–water partition coefficient (Wildman–Crippen LogP) is 1.94. The Balaban J connectivity index is 2.43. The lowest BCUT2D eigenvalue weighted by molar-refractivity contribution is -0.384. The van der Waals surface area contributed by atoms with Crippen LogP contribution >= 0.6 is 15.9 Å². The molecule has 18 heavy (non-hydrogen) atoms. The summed E-state index contributed by atoms with van der Waals surface area (Å²) in [5.41, 5.74) is 0.685. The van der Waals surface area contributed by atoms with Gasteiger partial charge in [-0.05, 0) is 35.8 Å². The zero-order valence-corrected chi connectivity index (χ0v) is 11.7. The lowest BCUT2D eigenvalue weighted by Gasteiger charge is -2.29. The largest absolute Gasteiger partial charge is 0.361 e. The van der Waals surface area contributed by atoms with E-state index in [1.165, 1.54) is 6.20 Å². The van der Waals surface area contributed by atoms with E-state index in [2.05, 4.69) is 31.1 Å². The lowest BCUT2D eigenvalue weighted by atomic mass is 10.2. The highest BCUT2D eigenvalue weighted by atomic mass is 79.9. The molecular formula is C11H15BrN4O2. The molecular weight excluding hydrogens is 300 g/mol. The molecule has 0 saturated carbocycles. The summed E-state index contributed by atoms with van der Waals surface area (Å²) in [5.74, 6) is 0. The van der Waals surface area contributed by atoms with Crippen molar-refractivity contribution >= 4 is 27.3 Å². The second-order valence-electron chi connectivity index (χ2n) is 4.18. The van der Waals surface area contributed by atoms with Gasteiger partial charge in [-0.25, -0.2) is 0 Å². The third-order valence-corrected chi connectivity index (χ3v) is 3.73. The fourth-order valence-electron chi connectivity index (χ4n) is 2.34. The highest BCUT2D eigenvalue weighted by molar-refractivity contribution is 9.10. The van der Waals surface area contributed by atoms with Crippen LogP contribution in [-0.4, -0.2) is 35.6 Å². The van der Waals surface area contributed by atoms with Crippen LogP contribution in [0.4, 0.5) is 11.4 Å². The molecule has 1 aromatic heterocycles. The number of hydrogen-bond acceptors (Lipinski definition) is 5. The van der Waals surface area contributed by atoms with Gasteiger partial charge in [0.1, 0.15) is 11.9 Å². The van der Waals surface area contributed by atoms with Crippen LogP contribution in [0.1, 0.15) is 13.3 Å². The number of anilines is 1. The van der Waals surface area contributed by atoms with E-state index in [1.54, 1.807) is 6.20 Å². The summed E-state index contributed by atoms with van der Waals surface area (Å²) >= 11 is 3.37. The van der Waals surface area contributed by atoms with Gasteiger partial charge >= 0.3 is 5.69 Å². The van der Waals surface area contributed by atoms with Crippen molar-refractivity contribution in [3.8, 4) is 0 Å². The van der Waals surface area contributed by atoms with Crippen LogP contribution in [0.3, 0.4) is 0 Å². The first-order valence-electron chi connectivity index (χ1n) is 5.90. The molecule has 1 N–H and O–H groups in total. The summed E-state index contributed by atoms with van der Waals surface area (Å²) < 4.78 is 0.672. The minimum Gasteiger partial charge on any atom is -0.361 e. The normalized spacial score (nSPS) is 18.9. The fraction of sp³-hybridized carbons (Fsp3) is 0.545. The van der Waals surface area contributed by atoms with Crippen molar-refractivity contribution < 1.29 is 4.92 Å². The van der Waals surface area contributed by atoms with Gasteiger partial charge in [-0.1, -0.05) is 0 Å². The SMILES string of the molecule is CCN(c1c(Br)cncc1[N+](=O)[O-])C1CCNC1. The number of pyridine rings is 1. The molecule has 0 spiro atoms. The van der Waals surface area contributed by atoms with Crippen molar-refractivity contribution in [3.63, 3.8) is 0 Å². The van der Waals surface area contributed by atoms with E-state index in [1.807, 2.05) is 6.92 Å². The molecule has 1 atom stereocenters. The van der Waals surface area contributed by atoms with Gasteiger partial charge in [0.05, 0.1) is 9.40 Å². The van der Waals surface area contributed by atoms with E-state index in [9.17, 15) is 10.1 Å². The van der Waals surface area contributed by atoms with E-state index < -0.39 is 0 Å². The van der Waals surface area contributed by atoms with Crippen LogP contribution in [0, 0.1) is 10.1 Å². The summed E-state index contributed by atoms with van der Waals surface area (Å²) in [7, 11) is 0. The van der Waals surface area contributed by atoms with Crippen molar-refractivity contribution in [2.24, 2.45) is 0 Å². The van der Waals surface area contributed by atoms with Gasteiger partial charge in [0.2, 0.25) is 0 Å². The van der Waals surface area contributed by atoms with E-state index in [-0.39, 0.29) is 10.6 Å². The average molecular weight is 315 g/mol. The van der Waals surface area contributed by atoms with Crippen molar-refractivity contribution in [1.82, 2.24) is 10.3 Å². The highest BCUT2D eigenvalue weighted by Crippen LogP contribution is 2.36. The Kier molecular flexibility index (Phi) is 4.13. The topological polar surface area (TPSA) is 71.3 Å². The van der Waals surface area contributed by atoms with Crippen LogP contribution in [0.5, 0.6) is 0 Å². The van der Waals surface area contributed by atoms with Gasteiger partial charge in [0.15, 0.2) is 0 Å². The van der Waals surface area contributed by atoms with Crippen molar-refractivity contribution in [3.05, 3.63) is 27.0 Å². The molecule has 2 rings (SSSR count). The van der Waals surface area contributed by atoms with Crippen LogP contribution in [-0.2, 0) is 0 Å². The third-order valence-electron chi connectivity index (χ3n) is 3.15. The monoisotopic (exact) mass is 314 g/mol. The molecule has 2 heterocycles. The Morgan fingerprint density at radius 2 is 2.44 bits per heavy atom. The Bertz CT molecular complexity index is 449. The van der Waals surface area contributed by atoms with Crippen molar-refractivity contribution in [1.29, 1.82) is 0 Å². The van der Waals surface area contributed by atoms with Crippen LogP contribution in [0.25, 0.3) is 0 Å². The van der Waals surface area contributed by atoms with Gasteiger partial charge in [0, 0.05) is 25.3 Å². The molecule has 0 aliphatic carbocycles. The summed E-state index contributed by atoms with van der Waals surface area (Å²) in [4.78, 5) is 16.7. The summed E-state index contributed by atoms with van der Waals surface area (Å²) in [6.45, 7) is 4.56. The first kappa shape index (κ1) is 13.2. The van der Waals surface area contributed by atoms with Gasteiger partial charge in [-0.3, -0.25) is 15.1 Å². The molecule has 1 aromatic rings. The third kappa shape index (κ3) is 2.46. The zero-order valence-electron chi connectivity index (χ0n) is 10.1. The number of nitro groups is 1. The Morgan fingerprint density at radius 3 is 3.00 bits per heavy atom. The molecule has 0 radical (unpaired) electrons. The van der Waals surface area contributed by atoms with Crippen LogP contribution in [0.2, 0.25) is 0 Å². The second kappa shape index (κ2) is 5.62. The van der Waals surface area contributed by atoms with Gasteiger partial charge in [-0.15, -0.1) is 0 Å². The number of halogens is 1. The van der Waals surface area contributed by atoms with E-state index in [0.29, 0.717) is 16.2 Å². The Labute approximate surface area is 114 Å². The maximum atomic E-state index is 11.1. The summed E-state index contributed by atoms with van der Waals surface area (Å²) in [6, 6.07) is 0.299. The smallest absolute Gasteiger partial charge is 0.311 e. The molecule has 1 fully saturated rings. The lowest BCUT2D eigenvalue weighted by Crippen LogP contribution is -2.37. The molecule has 1 aliphatic rings. The molecule has 98 valence electrons. The molecule has 0 aromatic carbocycles. The van der Waals surface area contributed by atoms with Gasteiger partial charge in [0.25, 0.3) is 0 Å². The fourth-order valence-corrected chi connectivity index (χ4v) is 2.89. The molecule has 6 nitrogen and oxygen atoms in total. The van der Waals surface area contributed by atoms with E-state index in [0.717, 1.165) is 26.1 Å². The average Bonchev–Trinajstić information content (AvgIpc) is 2.85. The zero-order chi connectivity index (χ0) is 13.1. The summed E-state index contributed by atoms with van der Waals surface area (Å²) in [5, 5.41) is 14.4. The number of likely N-dealkylation sites (N-methyl/N-ethyl adjacent to an activating group) is 1. The minimum absolute atomic E-state index is 0.0538. The molecule has 7 heteroatoms. The highest BCUT2D eigenvalue weighted by Gasteiger charge is 2.29. The molecule has 1 aliphatic heterocycles. The number of aromatic nitrogens is 1. The molecule has 1 saturated heterocycles. The minimum atomic E-state index is -0.377. The van der Waals surface area contributed by atoms with Crippen molar-refractivity contribution in [2.45, 2.75) is 19.4 Å². The predicted molar refractivity (Wildman–Crippen MR) is 72.9 cm³/mol. The van der Waals surface area contributed by atoms with Gasteiger partial charge in [-0.2, -0.15) is 0 Å². The van der Waals surface area contributed by atoms with Gasteiger partial charge < -0.3 is 10.2 Å². The molecule has 1 unspecified atom stereocenters. The standard InChI is InChI=1S/C11H15BrN4O2/c1-2-15(8-3-4-13-5-8)11-9(12)6-14-7-10(11)16(17)18/h6-8,13H,2-5H2,1H3. The second-order valence-corrected chi connectivity index (χ2v) is 5.03. The summed E-state index contributed by atoms with van der Waals surface area (Å²) in [6.07, 6.45) is 3.91. The Hall–Kier alpha value is -1.21. The number of nitrogens with one attached hydrogen (secondary N) is 1. The quantitative estimate of drug-likeness (QED) is 0.679. The van der Waals surface area contributed by atoms with E-state index >= 15 is 0 Å². The van der Waals surface area contributed by atoms with Crippen molar-refractivity contribution in [2.75, 3.05) is 24.5 Å².